The van der Waals surface area contributed by atoms with Gasteiger partial charge in [-0.25, -0.2) is 33.7 Å². The standard InChI is InChI=1S/C12H15Br2NO2S.C12H16BrNO3S.C12H15NO3S.C12H15NO2S2.C5H9Br3O.2C5H9NS.CH4O.BrH.Mg.2H/c1-10-2-4-11(5-3-10)18(16,17)15-8-12(6-13,7-14)9-15;1-10-2-4-11(5-3-10)18(16,17)14-7-12(6-13,8-14)9-15;2*1-10-2-4-11(5-3-10)17(14,15)13-6-12(7-13)8-16-9-12;6-1-5(2-7,3-8)4-9;2*1-5(2-6-1)3-7-4-5;1-2;;;;/h2-5H,6-9H2,1H3;2-5,15H,6-9H2,1H3;2*2-5H,6-9H2,1H3;9H,1-4H2;2*6H,1-4H2;2H,1H3;1H;;;/q;;;;;;;;;+2;2*-1. The molecule has 0 saturated carbocycles. The van der Waals surface area contributed by atoms with E-state index in [4.69, 9.17) is 14.9 Å². The number of aliphatic hydroxyl groups excluding tert-OH is 3. The molecule has 10 fully saturated rings. The molecule has 10 aliphatic rings. The Morgan fingerprint density at radius 2 is 0.680 bits per heavy atom. The van der Waals surface area contributed by atoms with Crippen molar-refractivity contribution in [2.75, 3.05) is 179 Å². The van der Waals surface area contributed by atoms with Crippen molar-refractivity contribution in [1.82, 2.24) is 27.9 Å². The van der Waals surface area contributed by atoms with E-state index < -0.39 is 40.1 Å². The summed E-state index contributed by atoms with van der Waals surface area (Å²) < 4.78 is 109. The third kappa shape index (κ3) is 21.9. The summed E-state index contributed by atoms with van der Waals surface area (Å²) in [6.45, 7) is 19.0. The van der Waals surface area contributed by atoms with Crippen LogP contribution in [0.15, 0.2) is 117 Å². The number of ether oxygens (including phenoxy) is 1. The topological polar surface area (TPSA) is 243 Å². The van der Waals surface area contributed by atoms with Crippen LogP contribution in [-0.4, -0.2) is 268 Å². The first-order valence-electron chi connectivity index (χ1n) is 31.0. The van der Waals surface area contributed by atoms with Crippen molar-refractivity contribution >= 4 is 211 Å². The van der Waals surface area contributed by atoms with Crippen LogP contribution in [0, 0.1) is 65.6 Å². The van der Waals surface area contributed by atoms with Gasteiger partial charge in [-0.2, -0.15) is 52.5 Å². The molecule has 0 atom stereocenters. The largest absolute Gasteiger partial charge is 2.00 e. The summed E-state index contributed by atoms with van der Waals surface area (Å²) in [5.74, 6) is 7.90. The Hall–Kier alpha value is 1.46. The normalized spacial score (nSPS) is 21.5. The molecule has 10 aliphatic heterocycles. The molecular weight excluding hydrogens is 1850 g/mol. The number of nitrogens with zero attached hydrogens (tertiary/aromatic N) is 4. The number of alkyl halides is 6. The van der Waals surface area contributed by atoms with Crippen LogP contribution in [0.1, 0.15) is 25.1 Å². The Morgan fingerprint density at radius 1 is 0.433 bits per heavy atom. The van der Waals surface area contributed by atoms with Gasteiger partial charge in [0.15, 0.2) is 0 Å². The molecule has 4 spiro atoms. The molecule has 33 heteroatoms. The summed E-state index contributed by atoms with van der Waals surface area (Å²) in [5.41, 5.74) is 5.96. The van der Waals surface area contributed by atoms with Gasteiger partial charge >= 0.3 is 23.1 Å². The molecular formula is C64H95Br7MgN6O12S7. The number of aryl methyl sites for hydroxylation is 4. The van der Waals surface area contributed by atoms with Crippen LogP contribution in [0.4, 0.5) is 0 Å². The predicted octanol–water partition coefficient (Wildman–Crippen LogP) is 9.72. The number of benzene rings is 4. The quantitative estimate of drug-likeness (QED) is 0.0518. The summed E-state index contributed by atoms with van der Waals surface area (Å²) in [6, 6.07) is 27.9. The second-order valence-electron chi connectivity index (χ2n) is 27.1. The molecule has 10 saturated heterocycles. The summed E-state index contributed by atoms with van der Waals surface area (Å²) in [5, 5.41) is 36.4. The maximum absolute atomic E-state index is 12.3. The first-order valence-corrected chi connectivity index (χ1v) is 47.0. The van der Waals surface area contributed by atoms with Crippen molar-refractivity contribution in [3.63, 3.8) is 0 Å². The molecule has 0 radical (unpaired) electrons. The van der Waals surface area contributed by atoms with Crippen LogP contribution in [0.25, 0.3) is 0 Å². The van der Waals surface area contributed by atoms with Gasteiger partial charge in [-0.3, -0.25) is 0 Å². The Kier molecular flexibility index (Phi) is 35.4. The van der Waals surface area contributed by atoms with Crippen LogP contribution in [-0.2, 0) is 44.8 Å². The van der Waals surface area contributed by atoms with Gasteiger partial charge in [-0.1, -0.05) is 166 Å². The number of hydrogen-bond donors (Lipinski definition) is 5. The van der Waals surface area contributed by atoms with Gasteiger partial charge in [0.1, 0.15) is 0 Å². The maximum atomic E-state index is 12.3. The van der Waals surface area contributed by atoms with Crippen molar-refractivity contribution in [1.29, 1.82) is 0 Å². The van der Waals surface area contributed by atoms with Gasteiger partial charge in [0.2, 0.25) is 40.1 Å². The number of nitrogens with one attached hydrogen (secondary N) is 2. The van der Waals surface area contributed by atoms with Crippen molar-refractivity contribution in [2.45, 2.75) is 47.3 Å². The van der Waals surface area contributed by atoms with Crippen LogP contribution >= 0.6 is 148 Å². The minimum absolute atomic E-state index is 0. The van der Waals surface area contributed by atoms with Crippen LogP contribution in [0.5, 0.6) is 0 Å². The molecule has 97 heavy (non-hydrogen) atoms. The minimum Gasteiger partial charge on any atom is -1.00 e. The zero-order valence-corrected chi connectivity index (χ0v) is 73.9. The van der Waals surface area contributed by atoms with Crippen molar-refractivity contribution in [2.24, 2.45) is 37.9 Å². The summed E-state index contributed by atoms with van der Waals surface area (Å²) in [6.07, 6.45) is 0. The average molecular weight is 1950 g/mol. The molecule has 14 rings (SSSR count). The fraction of sp³-hybridized carbons (Fsp3) is 0.625. The van der Waals surface area contributed by atoms with Gasteiger partial charge in [-0.15, -0.1) is 17.0 Å². The zero-order valence-electron chi connectivity index (χ0n) is 57.6. The third-order valence-corrected chi connectivity index (χ3v) is 37.6. The van der Waals surface area contributed by atoms with Gasteiger partial charge < -0.3 is 33.5 Å². The Balaban J connectivity index is 0.000000304. The van der Waals surface area contributed by atoms with Crippen molar-refractivity contribution < 1.29 is 56.6 Å². The SMILES string of the molecule is Br.C1NCC12CSC2.C1NCC12CSC2.CO.Cc1ccc(S(=O)(=O)N2CC(CBr)(CBr)C2)cc1.Cc1ccc(S(=O)(=O)N2CC(CO)(CBr)C2)cc1.Cc1ccc(S(=O)(=O)N2CC3(COC3)C2)cc1.Cc1ccc(S(=O)(=O)N2CC3(CSC3)C2)cc1.OCC(CBr)(CBr)CBr.[H-].[H-].[Mg+2]. The fourth-order valence-corrected chi connectivity index (χ4v) is 26.6. The second-order valence-corrected chi connectivity index (χ2v) is 41.2. The second kappa shape index (κ2) is 38.5. The summed E-state index contributed by atoms with van der Waals surface area (Å²) in [4.78, 5) is 1.50. The van der Waals surface area contributed by atoms with Crippen LogP contribution < -0.4 is 10.6 Å². The number of sulfonamides is 4. The number of thioether (sulfide) groups is 3. The van der Waals surface area contributed by atoms with Crippen LogP contribution in [0.2, 0.25) is 0 Å². The number of aliphatic hydroxyl groups is 3. The molecule has 18 nitrogen and oxygen atoms in total. The van der Waals surface area contributed by atoms with E-state index in [0.29, 0.717) is 95.9 Å². The smallest absolute Gasteiger partial charge is 1.00 e. The van der Waals surface area contributed by atoms with E-state index in [1.807, 2.05) is 75.9 Å². The molecule has 0 bridgehead atoms. The number of halogens is 7. The average Bonchev–Trinajstić information content (AvgIpc) is 0.748. The minimum atomic E-state index is -3.41. The predicted molar refractivity (Wildman–Crippen MR) is 429 cm³/mol. The van der Waals surface area contributed by atoms with Gasteiger partial charge in [0.05, 0.1) is 46.0 Å². The monoisotopic (exact) mass is 1940 g/mol. The van der Waals surface area contributed by atoms with E-state index in [2.05, 4.69) is 130 Å². The van der Waals surface area contributed by atoms with Crippen molar-refractivity contribution in [3.8, 4) is 0 Å². The van der Waals surface area contributed by atoms with E-state index >= 15 is 0 Å². The molecule has 0 unspecified atom stereocenters. The first kappa shape index (κ1) is 89.1. The molecule has 4 aromatic carbocycles. The Labute approximate surface area is 670 Å². The third-order valence-electron chi connectivity index (χ3n) is 18.4. The summed E-state index contributed by atoms with van der Waals surface area (Å²) in [7, 11) is -12.3. The van der Waals surface area contributed by atoms with Crippen LogP contribution in [0.3, 0.4) is 0 Å². The van der Waals surface area contributed by atoms with Gasteiger partial charge in [0, 0.05) is 190 Å². The zero-order chi connectivity index (χ0) is 69.8. The van der Waals surface area contributed by atoms with Gasteiger partial charge in [0.25, 0.3) is 0 Å². The van der Waals surface area contributed by atoms with Gasteiger partial charge in [-0.05, 0) is 76.2 Å². The molecule has 10 heterocycles. The number of hydrogen-bond acceptors (Lipinski definition) is 17. The molecule has 4 aromatic rings. The molecule has 5 N–H and O–H groups in total. The van der Waals surface area contributed by atoms with E-state index in [1.165, 1.54) is 53.5 Å². The maximum Gasteiger partial charge on any atom is 2.00 e. The Morgan fingerprint density at radius 3 is 0.835 bits per heavy atom. The first-order chi connectivity index (χ1) is 45.0. The molecule has 0 amide bonds. The fourth-order valence-electron chi connectivity index (χ4n) is 10.9. The molecule has 546 valence electrons. The Bertz CT molecular complexity index is 3280. The summed E-state index contributed by atoms with van der Waals surface area (Å²) >= 11 is 26.3. The molecule has 0 aromatic heterocycles. The molecule has 0 aliphatic carbocycles. The van der Waals surface area contributed by atoms with E-state index in [1.54, 1.807) is 73.6 Å². The van der Waals surface area contributed by atoms with Crippen molar-refractivity contribution in [3.05, 3.63) is 119 Å². The van der Waals surface area contributed by atoms with E-state index in [-0.39, 0.29) is 77.8 Å². The van der Waals surface area contributed by atoms with E-state index in [9.17, 15) is 38.8 Å². The number of rotatable bonds is 16. The van der Waals surface area contributed by atoms with E-state index in [0.717, 1.165) is 78.3 Å².